The molecule has 0 fully saturated rings. The summed E-state index contributed by atoms with van der Waals surface area (Å²) in [6.45, 7) is 0.844. The maximum Gasteiger partial charge on any atom is 0.295 e. The summed E-state index contributed by atoms with van der Waals surface area (Å²) in [6, 6.07) is 3.47. The summed E-state index contributed by atoms with van der Waals surface area (Å²) < 4.78 is 11.0. The van der Waals surface area contributed by atoms with E-state index < -0.39 is 0 Å². The first-order chi connectivity index (χ1) is 7.75. The standard InChI is InChI=1S/C10H9BrN2O3/c11-7-1-2-12-9(5-7)13-10(14)8-6-15-3-4-16-8/h1-2,5-6H,3-4H2,(H,12,13,14). The molecular formula is C10H9BrN2O3. The molecule has 0 saturated carbocycles. The minimum atomic E-state index is -0.370. The molecule has 0 atom stereocenters. The van der Waals surface area contributed by atoms with E-state index in [4.69, 9.17) is 9.47 Å². The molecule has 1 aliphatic heterocycles. The van der Waals surface area contributed by atoms with Crippen LogP contribution in [0.5, 0.6) is 0 Å². The van der Waals surface area contributed by atoms with E-state index in [1.165, 1.54) is 6.26 Å². The number of rotatable bonds is 2. The molecule has 0 unspecified atom stereocenters. The van der Waals surface area contributed by atoms with Crippen molar-refractivity contribution in [2.24, 2.45) is 0 Å². The van der Waals surface area contributed by atoms with Crippen LogP contribution in [-0.4, -0.2) is 24.1 Å². The molecule has 0 spiro atoms. The summed E-state index contributed by atoms with van der Waals surface area (Å²) >= 11 is 3.29. The van der Waals surface area contributed by atoms with Crippen LogP contribution in [0, 0.1) is 0 Å². The molecule has 0 bridgehead atoms. The van der Waals surface area contributed by atoms with Crippen molar-refractivity contribution >= 4 is 27.7 Å². The van der Waals surface area contributed by atoms with Gasteiger partial charge in [-0.2, -0.15) is 0 Å². The number of carbonyl (C=O) groups is 1. The number of nitrogens with zero attached hydrogens (tertiary/aromatic N) is 1. The lowest BCUT2D eigenvalue weighted by atomic mass is 10.4. The predicted molar refractivity (Wildman–Crippen MR) is 60.6 cm³/mol. The maximum absolute atomic E-state index is 11.6. The molecule has 16 heavy (non-hydrogen) atoms. The van der Waals surface area contributed by atoms with Gasteiger partial charge in [-0.1, -0.05) is 15.9 Å². The van der Waals surface area contributed by atoms with Crippen molar-refractivity contribution in [3.05, 3.63) is 34.8 Å². The van der Waals surface area contributed by atoms with Crippen LogP contribution >= 0.6 is 15.9 Å². The number of pyridine rings is 1. The van der Waals surface area contributed by atoms with Crippen molar-refractivity contribution in [3.8, 4) is 0 Å². The molecule has 2 rings (SSSR count). The lowest BCUT2D eigenvalue weighted by Crippen LogP contribution is -2.21. The van der Waals surface area contributed by atoms with Gasteiger partial charge in [-0.25, -0.2) is 4.98 Å². The Balaban J connectivity index is 2.04. The number of amides is 1. The molecule has 0 aliphatic carbocycles. The highest BCUT2D eigenvalue weighted by Crippen LogP contribution is 2.14. The highest BCUT2D eigenvalue weighted by molar-refractivity contribution is 9.10. The Kier molecular flexibility index (Phi) is 3.40. The number of hydrogen-bond acceptors (Lipinski definition) is 4. The maximum atomic E-state index is 11.6. The third-order valence-corrected chi connectivity index (χ3v) is 2.33. The van der Waals surface area contributed by atoms with Gasteiger partial charge >= 0.3 is 0 Å². The summed E-state index contributed by atoms with van der Waals surface area (Å²) in [5, 5.41) is 2.60. The zero-order valence-electron chi connectivity index (χ0n) is 8.27. The largest absolute Gasteiger partial charge is 0.494 e. The van der Waals surface area contributed by atoms with E-state index in [0.29, 0.717) is 19.0 Å². The Morgan fingerprint density at radius 2 is 2.38 bits per heavy atom. The second-order valence-electron chi connectivity index (χ2n) is 3.01. The molecule has 1 aromatic heterocycles. The molecule has 1 aliphatic rings. The molecule has 0 radical (unpaired) electrons. The van der Waals surface area contributed by atoms with Gasteiger partial charge in [0.1, 0.15) is 25.3 Å². The Hall–Kier alpha value is -1.56. The summed E-state index contributed by atoms with van der Waals surface area (Å²) in [4.78, 5) is 15.6. The van der Waals surface area contributed by atoms with Crippen LogP contribution in [0.4, 0.5) is 5.82 Å². The topological polar surface area (TPSA) is 60.5 Å². The molecule has 1 amide bonds. The minimum absolute atomic E-state index is 0.160. The quantitative estimate of drug-likeness (QED) is 0.898. The first-order valence-corrected chi connectivity index (χ1v) is 5.42. The Morgan fingerprint density at radius 3 is 3.06 bits per heavy atom. The minimum Gasteiger partial charge on any atom is -0.494 e. The Labute approximate surface area is 101 Å². The molecule has 84 valence electrons. The molecule has 5 nitrogen and oxygen atoms in total. The number of hydrogen-bond donors (Lipinski definition) is 1. The van der Waals surface area contributed by atoms with Crippen molar-refractivity contribution < 1.29 is 14.3 Å². The predicted octanol–water partition coefficient (Wildman–Crippen LogP) is 1.67. The fourth-order valence-electron chi connectivity index (χ4n) is 1.14. The average Bonchev–Trinajstić information content (AvgIpc) is 2.30. The van der Waals surface area contributed by atoms with E-state index in [1.807, 2.05) is 0 Å². The van der Waals surface area contributed by atoms with E-state index in [-0.39, 0.29) is 11.7 Å². The van der Waals surface area contributed by atoms with Crippen LogP contribution in [0.2, 0.25) is 0 Å². The van der Waals surface area contributed by atoms with Crippen molar-refractivity contribution in [1.82, 2.24) is 4.98 Å². The van der Waals surface area contributed by atoms with Gasteiger partial charge < -0.3 is 14.8 Å². The SMILES string of the molecule is O=C(Nc1cc(Br)ccn1)C1=COCCO1. The summed E-state index contributed by atoms with van der Waals surface area (Å²) in [5.74, 6) is 0.243. The van der Waals surface area contributed by atoms with Gasteiger partial charge in [0.2, 0.25) is 5.76 Å². The van der Waals surface area contributed by atoms with Crippen molar-refractivity contribution in [3.63, 3.8) is 0 Å². The first-order valence-electron chi connectivity index (χ1n) is 4.63. The Morgan fingerprint density at radius 1 is 1.50 bits per heavy atom. The highest BCUT2D eigenvalue weighted by Gasteiger charge is 2.15. The third-order valence-electron chi connectivity index (χ3n) is 1.84. The van der Waals surface area contributed by atoms with Gasteiger partial charge in [0, 0.05) is 10.7 Å². The van der Waals surface area contributed by atoms with Gasteiger partial charge in [0.05, 0.1) is 0 Å². The zero-order valence-corrected chi connectivity index (χ0v) is 9.86. The molecule has 0 aromatic carbocycles. The van der Waals surface area contributed by atoms with Gasteiger partial charge in [0.25, 0.3) is 5.91 Å². The van der Waals surface area contributed by atoms with Gasteiger partial charge in [-0.3, -0.25) is 4.79 Å². The van der Waals surface area contributed by atoms with Gasteiger partial charge in [-0.15, -0.1) is 0 Å². The number of ether oxygens (including phenoxy) is 2. The lowest BCUT2D eigenvalue weighted by molar-refractivity contribution is -0.117. The molecular weight excluding hydrogens is 276 g/mol. The molecule has 1 aromatic rings. The number of halogens is 1. The normalized spacial score (nSPS) is 14.4. The van der Waals surface area contributed by atoms with Crippen molar-refractivity contribution in [2.45, 2.75) is 0 Å². The third kappa shape index (κ3) is 2.73. The fourth-order valence-corrected chi connectivity index (χ4v) is 1.47. The number of carbonyl (C=O) groups excluding carboxylic acids is 1. The van der Waals surface area contributed by atoms with Gasteiger partial charge in [0.15, 0.2) is 0 Å². The fraction of sp³-hybridized carbons (Fsp3) is 0.200. The molecule has 6 heteroatoms. The number of nitrogens with one attached hydrogen (secondary N) is 1. The van der Waals surface area contributed by atoms with Crippen LogP contribution in [0.15, 0.2) is 34.8 Å². The van der Waals surface area contributed by atoms with Crippen LogP contribution < -0.4 is 5.32 Å². The Bertz CT molecular complexity index is 434. The average molecular weight is 285 g/mol. The lowest BCUT2D eigenvalue weighted by Gasteiger charge is -2.14. The zero-order chi connectivity index (χ0) is 11.4. The second kappa shape index (κ2) is 4.98. The number of aromatic nitrogens is 1. The molecule has 0 saturated heterocycles. The highest BCUT2D eigenvalue weighted by atomic mass is 79.9. The monoisotopic (exact) mass is 284 g/mol. The van der Waals surface area contributed by atoms with Crippen LogP contribution in [0.3, 0.4) is 0 Å². The summed E-state index contributed by atoms with van der Waals surface area (Å²) in [7, 11) is 0. The van der Waals surface area contributed by atoms with Crippen molar-refractivity contribution in [1.29, 1.82) is 0 Å². The summed E-state index contributed by atoms with van der Waals surface area (Å²) in [6.07, 6.45) is 2.89. The first kappa shape index (κ1) is 10.9. The van der Waals surface area contributed by atoms with E-state index in [9.17, 15) is 4.79 Å². The van der Waals surface area contributed by atoms with Crippen LogP contribution in [0.1, 0.15) is 0 Å². The van der Waals surface area contributed by atoms with E-state index in [2.05, 4.69) is 26.2 Å². The van der Waals surface area contributed by atoms with Gasteiger partial charge in [-0.05, 0) is 12.1 Å². The smallest absolute Gasteiger partial charge is 0.295 e. The van der Waals surface area contributed by atoms with Crippen molar-refractivity contribution in [2.75, 3.05) is 18.5 Å². The van der Waals surface area contributed by atoms with E-state index in [1.54, 1.807) is 18.3 Å². The van der Waals surface area contributed by atoms with E-state index in [0.717, 1.165) is 4.47 Å². The molecule has 1 N–H and O–H groups in total. The van der Waals surface area contributed by atoms with Crippen LogP contribution in [-0.2, 0) is 14.3 Å². The molecule has 2 heterocycles. The van der Waals surface area contributed by atoms with Crippen LogP contribution in [0.25, 0.3) is 0 Å². The number of anilines is 1. The summed E-state index contributed by atoms with van der Waals surface area (Å²) in [5.41, 5.74) is 0. The van der Waals surface area contributed by atoms with E-state index >= 15 is 0 Å². The second-order valence-corrected chi connectivity index (χ2v) is 3.93.